The van der Waals surface area contributed by atoms with Crippen molar-refractivity contribution in [2.45, 2.75) is 20.5 Å². The van der Waals surface area contributed by atoms with Gasteiger partial charge in [0.15, 0.2) is 0 Å². The normalized spacial score (nSPS) is 10.8. The molecule has 4 heteroatoms. The van der Waals surface area contributed by atoms with Gasteiger partial charge < -0.3 is 10.5 Å². The van der Waals surface area contributed by atoms with Gasteiger partial charge in [-0.3, -0.25) is 9.97 Å². The van der Waals surface area contributed by atoms with Crippen molar-refractivity contribution in [2.75, 3.05) is 5.73 Å². The fraction of sp³-hybridized carbons (Fsp3) is 0.176. The Kier molecular flexibility index (Phi) is 3.44. The number of nitrogens with zero attached hydrogens (tertiary/aromatic N) is 2. The van der Waals surface area contributed by atoms with Gasteiger partial charge in [-0.25, -0.2) is 0 Å². The van der Waals surface area contributed by atoms with Crippen LogP contribution in [0.2, 0.25) is 0 Å². The highest BCUT2D eigenvalue weighted by atomic mass is 16.5. The Hall–Kier alpha value is -2.62. The number of aromatic nitrogens is 2. The van der Waals surface area contributed by atoms with Gasteiger partial charge in [-0.2, -0.15) is 0 Å². The Balaban J connectivity index is 1.89. The average molecular weight is 279 g/mol. The molecule has 0 amide bonds. The number of hydrogen-bond acceptors (Lipinski definition) is 4. The molecule has 3 aromatic rings. The lowest BCUT2D eigenvalue weighted by atomic mass is 10.1. The number of hydrogen-bond donors (Lipinski definition) is 1. The quantitative estimate of drug-likeness (QED) is 0.798. The zero-order valence-electron chi connectivity index (χ0n) is 12.1. The highest BCUT2D eigenvalue weighted by molar-refractivity contribution is 5.84. The minimum Gasteiger partial charge on any atom is -0.487 e. The molecule has 106 valence electrons. The van der Waals surface area contributed by atoms with Crippen LogP contribution in [0.25, 0.3) is 10.9 Å². The second-order valence-corrected chi connectivity index (χ2v) is 5.04. The Bertz CT molecular complexity index is 794. The summed E-state index contributed by atoms with van der Waals surface area (Å²) in [7, 11) is 0. The molecule has 1 aromatic carbocycles. The number of fused-ring (bicyclic) bond motifs is 1. The molecule has 0 spiro atoms. The van der Waals surface area contributed by atoms with E-state index in [1.165, 1.54) is 0 Å². The van der Waals surface area contributed by atoms with E-state index in [-0.39, 0.29) is 0 Å². The van der Waals surface area contributed by atoms with E-state index in [1.54, 1.807) is 12.4 Å². The molecule has 0 aliphatic carbocycles. The summed E-state index contributed by atoms with van der Waals surface area (Å²) >= 11 is 0. The van der Waals surface area contributed by atoms with Gasteiger partial charge in [-0.05, 0) is 49.2 Å². The number of ether oxygens (including phenoxy) is 1. The number of rotatable bonds is 3. The molecule has 4 nitrogen and oxygen atoms in total. The maximum atomic E-state index is 6.04. The van der Waals surface area contributed by atoms with E-state index in [1.807, 2.05) is 44.2 Å². The van der Waals surface area contributed by atoms with Crippen molar-refractivity contribution in [3.8, 4) is 5.75 Å². The van der Waals surface area contributed by atoms with Crippen LogP contribution >= 0.6 is 0 Å². The number of aryl methyl sites for hydroxylation is 1. The van der Waals surface area contributed by atoms with Crippen LogP contribution in [-0.4, -0.2) is 9.97 Å². The monoisotopic (exact) mass is 279 g/mol. The summed E-state index contributed by atoms with van der Waals surface area (Å²) in [6.07, 6.45) is 3.56. The van der Waals surface area contributed by atoms with E-state index >= 15 is 0 Å². The van der Waals surface area contributed by atoms with Crippen LogP contribution in [0.4, 0.5) is 5.69 Å². The lowest BCUT2D eigenvalue weighted by molar-refractivity contribution is 0.304. The Morgan fingerprint density at radius 3 is 2.81 bits per heavy atom. The van der Waals surface area contributed by atoms with Crippen molar-refractivity contribution in [2.24, 2.45) is 0 Å². The van der Waals surface area contributed by atoms with Crippen molar-refractivity contribution in [3.05, 3.63) is 59.5 Å². The Morgan fingerprint density at radius 1 is 1.10 bits per heavy atom. The molecular weight excluding hydrogens is 262 g/mol. The first-order valence-electron chi connectivity index (χ1n) is 6.84. The predicted molar refractivity (Wildman–Crippen MR) is 84.2 cm³/mol. The molecule has 0 bridgehead atoms. The summed E-state index contributed by atoms with van der Waals surface area (Å²) in [5, 5.41) is 0.998. The van der Waals surface area contributed by atoms with E-state index in [0.29, 0.717) is 6.61 Å². The summed E-state index contributed by atoms with van der Waals surface area (Å²) in [5.41, 5.74) is 10.6. The minimum atomic E-state index is 0.393. The van der Waals surface area contributed by atoms with Crippen LogP contribution in [0, 0.1) is 13.8 Å². The first kappa shape index (κ1) is 13.4. The van der Waals surface area contributed by atoms with Crippen LogP contribution < -0.4 is 10.5 Å². The molecule has 2 aromatic heterocycles. The fourth-order valence-corrected chi connectivity index (χ4v) is 2.28. The SMILES string of the molecule is Cc1cnc(COc2cccc3ncccc23)c(C)c1N. The van der Waals surface area contributed by atoms with Crippen LogP contribution in [0.1, 0.15) is 16.8 Å². The third-order valence-corrected chi connectivity index (χ3v) is 3.65. The lowest BCUT2D eigenvalue weighted by Crippen LogP contribution is -2.05. The van der Waals surface area contributed by atoms with Gasteiger partial charge in [0.25, 0.3) is 0 Å². The first-order chi connectivity index (χ1) is 10.2. The van der Waals surface area contributed by atoms with Crippen LogP contribution in [-0.2, 0) is 6.61 Å². The molecule has 0 unspecified atom stereocenters. The molecule has 0 atom stereocenters. The highest BCUT2D eigenvalue weighted by Gasteiger charge is 2.08. The van der Waals surface area contributed by atoms with Crippen LogP contribution in [0.3, 0.4) is 0 Å². The zero-order chi connectivity index (χ0) is 14.8. The molecule has 0 aliphatic rings. The maximum absolute atomic E-state index is 6.04. The number of pyridine rings is 2. The number of anilines is 1. The largest absolute Gasteiger partial charge is 0.487 e. The standard InChI is InChI=1S/C17H17N3O/c1-11-9-20-15(12(2)17(11)18)10-21-16-7-3-6-14-13(16)5-4-8-19-14/h3-9H,10H2,1-2H3,(H2,18,20). The number of nitrogens with two attached hydrogens (primary N) is 1. The van der Waals surface area contributed by atoms with E-state index in [9.17, 15) is 0 Å². The van der Waals surface area contributed by atoms with Crippen LogP contribution in [0.15, 0.2) is 42.7 Å². The maximum Gasteiger partial charge on any atom is 0.131 e. The summed E-state index contributed by atoms with van der Waals surface area (Å²) in [4.78, 5) is 8.74. The molecule has 21 heavy (non-hydrogen) atoms. The van der Waals surface area contributed by atoms with Crippen molar-refractivity contribution >= 4 is 16.6 Å². The molecule has 2 N–H and O–H groups in total. The second-order valence-electron chi connectivity index (χ2n) is 5.04. The lowest BCUT2D eigenvalue weighted by Gasteiger charge is -2.12. The summed E-state index contributed by atoms with van der Waals surface area (Å²) < 4.78 is 5.92. The van der Waals surface area contributed by atoms with E-state index < -0.39 is 0 Å². The van der Waals surface area contributed by atoms with Crippen molar-refractivity contribution in [3.63, 3.8) is 0 Å². The fourth-order valence-electron chi connectivity index (χ4n) is 2.28. The topological polar surface area (TPSA) is 61.0 Å². The second kappa shape index (κ2) is 5.40. The summed E-state index contributed by atoms with van der Waals surface area (Å²) in [6, 6.07) is 9.75. The Morgan fingerprint density at radius 2 is 1.95 bits per heavy atom. The highest BCUT2D eigenvalue weighted by Crippen LogP contribution is 2.25. The molecule has 2 heterocycles. The zero-order valence-corrected chi connectivity index (χ0v) is 12.1. The smallest absolute Gasteiger partial charge is 0.131 e. The molecule has 0 saturated heterocycles. The van der Waals surface area contributed by atoms with Gasteiger partial charge in [-0.15, -0.1) is 0 Å². The minimum absolute atomic E-state index is 0.393. The average Bonchev–Trinajstić information content (AvgIpc) is 2.52. The van der Waals surface area contributed by atoms with Gasteiger partial charge >= 0.3 is 0 Å². The third-order valence-electron chi connectivity index (χ3n) is 3.65. The molecule has 3 rings (SSSR count). The number of nitrogen functional groups attached to an aromatic ring is 1. The van der Waals surface area contributed by atoms with Gasteiger partial charge in [0, 0.05) is 23.5 Å². The van der Waals surface area contributed by atoms with Crippen molar-refractivity contribution in [1.82, 2.24) is 9.97 Å². The van der Waals surface area contributed by atoms with E-state index in [4.69, 9.17) is 10.5 Å². The van der Waals surface area contributed by atoms with Crippen molar-refractivity contribution in [1.29, 1.82) is 0 Å². The summed E-state index contributed by atoms with van der Waals surface area (Å²) in [6.45, 7) is 4.32. The van der Waals surface area contributed by atoms with Gasteiger partial charge in [0.2, 0.25) is 0 Å². The third kappa shape index (κ3) is 2.52. The van der Waals surface area contributed by atoms with Gasteiger partial charge in [0.05, 0.1) is 11.2 Å². The van der Waals surface area contributed by atoms with Gasteiger partial charge in [0.1, 0.15) is 12.4 Å². The number of benzene rings is 1. The molecule has 0 fully saturated rings. The van der Waals surface area contributed by atoms with E-state index in [2.05, 4.69) is 9.97 Å². The van der Waals surface area contributed by atoms with Gasteiger partial charge in [-0.1, -0.05) is 6.07 Å². The first-order valence-corrected chi connectivity index (χ1v) is 6.84. The summed E-state index contributed by atoms with van der Waals surface area (Å²) in [5.74, 6) is 0.806. The van der Waals surface area contributed by atoms with E-state index in [0.717, 1.165) is 39.2 Å². The Labute approximate surface area is 123 Å². The van der Waals surface area contributed by atoms with Crippen LogP contribution in [0.5, 0.6) is 5.75 Å². The molecule has 0 saturated carbocycles. The molecule has 0 radical (unpaired) electrons. The molecule has 0 aliphatic heterocycles. The predicted octanol–water partition coefficient (Wildman–Crippen LogP) is 3.41. The molecular formula is C17H17N3O. The van der Waals surface area contributed by atoms with Crippen molar-refractivity contribution < 1.29 is 4.74 Å².